The predicted molar refractivity (Wildman–Crippen MR) is 120 cm³/mol. The van der Waals surface area contributed by atoms with Gasteiger partial charge in [0, 0.05) is 12.6 Å². The molecule has 0 aliphatic heterocycles. The van der Waals surface area contributed by atoms with Crippen LogP contribution in [0.2, 0.25) is 0 Å². The molecule has 2 heterocycles. The number of nitrogens with zero attached hydrogens (tertiary/aromatic N) is 4. The van der Waals surface area contributed by atoms with Gasteiger partial charge in [0.15, 0.2) is 5.82 Å². The number of rotatable bonds is 7. The van der Waals surface area contributed by atoms with Gasteiger partial charge < -0.3 is 4.57 Å². The van der Waals surface area contributed by atoms with Crippen LogP contribution >= 0.6 is 11.3 Å². The second-order valence-electron chi connectivity index (χ2n) is 6.63. The van der Waals surface area contributed by atoms with Crippen LogP contribution in [0.3, 0.4) is 0 Å². The van der Waals surface area contributed by atoms with Gasteiger partial charge in [-0.3, -0.25) is 35.9 Å². The molecule has 1 amide bonds. The minimum atomic E-state index is -0.764. The highest BCUT2D eigenvalue weighted by Gasteiger charge is 2.21. The highest BCUT2D eigenvalue weighted by Crippen LogP contribution is 2.31. The third-order valence-corrected chi connectivity index (χ3v) is 5.80. The average molecular weight is 452 g/mol. The van der Waals surface area contributed by atoms with E-state index in [0.717, 1.165) is 33.9 Å². The second-order valence-corrected chi connectivity index (χ2v) is 7.71. The molecular weight excluding hydrogens is 436 g/mol. The third-order valence-electron chi connectivity index (χ3n) is 4.72. The Kier molecular flexibility index (Phi) is 5.52. The SMILES string of the molecule is CCn1c(-c2ccc(C(=O)NNc3ccc([N+](=O)[O-])cc3[N+](=O)[O-])s2)nc2ccccc21. The summed E-state index contributed by atoms with van der Waals surface area (Å²) in [6, 6.07) is 14.3. The van der Waals surface area contributed by atoms with Gasteiger partial charge in [0.2, 0.25) is 0 Å². The van der Waals surface area contributed by atoms with Crippen molar-refractivity contribution in [2.24, 2.45) is 0 Å². The summed E-state index contributed by atoms with van der Waals surface area (Å²) < 4.78 is 2.06. The molecule has 32 heavy (non-hydrogen) atoms. The summed E-state index contributed by atoms with van der Waals surface area (Å²) >= 11 is 1.23. The lowest BCUT2D eigenvalue weighted by Gasteiger charge is -2.08. The minimum absolute atomic E-state index is 0.0708. The average Bonchev–Trinajstić information content (AvgIpc) is 3.41. The topological polar surface area (TPSA) is 145 Å². The van der Waals surface area contributed by atoms with Gasteiger partial charge in [-0.05, 0) is 37.3 Å². The number of imidazole rings is 1. The number of carbonyl (C=O) groups excluding carboxylic acids is 1. The Labute approximate surface area is 184 Å². The van der Waals surface area contributed by atoms with Crippen LogP contribution in [0.25, 0.3) is 21.7 Å². The van der Waals surface area contributed by atoms with Crippen molar-refractivity contribution in [3.05, 3.63) is 79.7 Å². The molecule has 2 aromatic carbocycles. The zero-order valence-corrected chi connectivity index (χ0v) is 17.5. The number of aryl methyl sites for hydroxylation is 1. The lowest BCUT2D eigenvalue weighted by atomic mass is 10.2. The second kappa shape index (κ2) is 8.43. The summed E-state index contributed by atoms with van der Waals surface area (Å²) in [5.41, 5.74) is 5.71. The first kappa shape index (κ1) is 20.9. The van der Waals surface area contributed by atoms with E-state index in [1.165, 1.54) is 17.4 Å². The van der Waals surface area contributed by atoms with Gasteiger partial charge in [-0.1, -0.05) is 12.1 Å². The number of carbonyl (C=O) groups is 1. The maximum Gasteiger partial charge on any atom is 0.300 e. The maximum atomic E-state index is 12.6. The van der Waals surface area contributed by atoms with Crippen molar-refractivity contribution in [3.63, 3.8) is 0 Å². The molecule has 0 bridgehead atoms. The third kappa shape index (κ3) is 3.86. The Morgan fingerprint density at radius 2 is 1.88 bits per heavy atom. The first-order valence-corrected chi connectivity index (χ1v) is 10.3. The summed E-state index contributed by atoms with van der Waals surface area (Å²) in [7, 11) is 0. The summed E-state index contributed by atoms with van der Waals surface area (Å²) in [5, 5.41) is 22.1. The number of nitrogens with one attached hydrogen (secondary N) is 2. The van der Waals surface area contributed by atoms with Crippen molar-refractivity contribution >= 4 is 45.3 Å². The Balaban J connectivity index is 1.55. The number of fused-ring (bicyclic) bond motifs is 1. The summed E-state index contributed by atoms with van der Waals surface area (Å²) in [4.78, 5) is 39.0. The van der Waals surface area contributed by atoms with Crippen molar-refractivity contribution in [1.29, 1.82) is 0 Å². The molecule has 12 heteroatoms. The van der Waals surface area contributed by atoms with E-state index in [9.17, 15) is 25.0 Å². The van der Waals surface area contributed by atoms with E-state index >= 15 is 0 Å². The number of thiophene rings is 1. The van der Waals surface area contributed by atoms with E-state index in [-0.39, 0.29) is 5.69 Å². The first-order valence-electron chi connectivity index (χ1n) is 9.43. The number of amides is 1. The minimum Gasteiger partial charge on any atom is -0.324 e. The number of hydrogen-bond donors (Lipinski definition) is 2. The molecule has 2 aromatic heterocycles. The van der Waals surface area contributed by atoms with Crippen molar-refractivity contribution in [3.8, 4) is 10.7 Å². The Morgan fingerprint density at radius 3 is 2.59 bits per heavy atom. The summed E-state index contributed by atoms with van der Waals surface area (Å²) in [5.74, 6) is 0.241. The van der Waals surface area contributed by atoms with Gasteiger partial charge in [0.05, 0.1) is 36.7 Å². The maximum absolute atomic E-state index is 12.6. The van der Waals surface area contributed by atoms with Gasteiger partial charge in [0.1, 0.15) is 5.69 Å². The summed E-state index contributed by atoms with van der Waals surface area (Å²) in [6.07, 6.45) is 0. The molecule has 0 fully saturated rings. The summed E-state index contributed by atoms with van der Waals surface area (Å²) in [6.45, 7) is 2.72. The van der Waals surface area contributed by atoms with Crippen molar-refractivity contribution in [2.75, 3.05) is 5.43 Å². The number of benzene rings is 2. The van der Waals surface area contributed by atoms with Gasteiger partial charge in [-0.25, -0.2) is 4.98 Å². The van der Waals surface area contributed by atoms with Crippen LogP contribution in [0.5, 0.6) is 0 Å². The standard InChI is InChI=1S/C20H16N6O5S/c1-2-24-15-6-4-3-5-13(15)21-19(24)17-9-10-18(32-17)20(27)23-22-14-8-7-12(25(28)29)11-16(14)26(30)31/h3-11,22H,2H2,1H3,(H,23,27). The number of nitro groups is 2. The molecule has 0 saturated heterocycles. The van der Waals surface area contributed by atoms with Crippen molar-refractivity contribution < 1.29 is 14.6 Å². The highest BCUT2D eigenvalue weighted by molar-refractivity contribution is 7.17. The number of nitro benzene ring substituents is 2. The Hall–Kier alpha value is -4.32. The number of para-hydroxylation sites is 2. The predicted octanol–water partition coefficient (Wildman–Crippen LogP) is 4.36. The Morgan fingerprint density at radius 1 is 1.09 bits per heavy atom. The van der Waals surface area contributed by atoms with Crippen LogP contribution in [-0.4, -0.2) is 25.3 Å². The molecule has 0 aliphatic rings. The van der Waals surface area contributed by atoms with Gasteiger partial charge >= 0.3 is 5.69 Å². The van der Waals surface area contributed by atoms with E-state index < -0.39 is 27.1 Å². The molecular formula is C20H16N6O5S. The van der Waals surface area contributed by atoms with Crippen LogP contribution < -0.4 is 10.9 Å². The quantitative estimate of drug-likeness (QED) is 0.313. The molecule has 2 N–H and O–H groups in total. The molecule has 4 rings (SSSR count). The van der Waals surface area contributed by atoms with E-state index in [2.05, 4.69) is 20.4 Å². The monoisotopic (exact) mass is 452 g/mol. The smallest absolute Gasteiger partial charge is 0.300 e. The molecule has 0 radical (unpaired) electrons. The normalized spacial score (nSPS) is 10.8. The van der Waals surface area contributed by atoms with E-state index in [1.54, 1.807) is 12.1 Å². The molecule has 0 spiro atoms. The molecule has 11 nitrogen and oxygen atoms in total. The lowest BCUT2D eigenvalue weighted by molar-refractivity contribution is -0.393. The van der Waals surface area contributed by atoms with E-state index in [4.69, 9.17) is 0 Å². The van der Waals surface area contributed by atoms with Gasteiger partial charge in [-0.2, -0.15) is 0 Å². The van der Waals surface area contributed by atoms with Gasteiger partial charge in [0.25, 0.3) is 11.6 Å². The molecule has 162 valence electrons. The number of aromatic nitrogens is 2. The molecule has 0 saturated carbocycles. The van der Waals surface area contributed by atoms with Gasteiger partial charge in [-0.15, -0.1) is 11.3 Å². The fourth-order valence-corrected chi connectivity index (χ4v) is 4.14. The number of hydrogen-bond acceptors (Lipinski definition) is 8. The number of hydrazine groups is 1. The first-order chi connectivity index (χ1) is 15.4. The van der Waals surface area contributed by atoms with Crippen LogP contribution in [0.1, 0.15) is 16.6 Å². The number of non-ortho nitro benzene ring substituents is 1. The highest BCUT2D eigenvalue weighted by atomic mass is 32.1. The van der Waals surface area contributed by atoms with E-state index in [1.807, 2.05) is 31.2 Å². The molecule has 0 unspecified atom stereocenters. The zero-order valence-electron chi connectivity index (χ0n) is 16.6. The number of anilines is 1. The fourth-order valence-electron chi connectivity index (χ4n) is 3.24. The van der Waals surface area contributed by atoms with Crippen molar-refractivity contribution in [1.82, 2.24) is 15.0 Å². The Bertz CT molecular complexity index is 1360. The lowest BCUT2D eigenvalue weighted by Crippen LogP contribution is -2.29. The van der Waals surface area contributed by atoms with Crippen LogP contribution in [0.4, 0.5) is 17.1 Å². The fraction of sp³-hybridized carbons (Fsp3) is 0.100. The van der Waals surface area contributed by atoms with Crippen LogP contribution in [-0.2, 0) is 6.54 Å². The van der Waals surface area contributed by atoms with Crippen LogP contribution in [0, 0.1) is 20.2 Å². The van der Waals surface area contributed by atoms with E-state index in [0.29, 0.717) is 11.4 Å². The molecule has 4 aromatic rings. The molecule has 0 aliphatic carbocycles. The zero-order chi connectivity index (χ0) is 22.8. The van der Waals surface area contributed by atoms with Crippen molar-refractivity contribution in [2.45, 2.75) is 13.5 Å². The molecule has 0 atom stereocenters. The van der Waals surface area contributed by atoms with Crippen LogP contribution in [0.15, 0.2) is 54.6 Å². The largest absolute Gasteiger partial charge is 0.324 e.